The van der Waals surface area contributed by atoms with E-state index < -0.39 is 0 Å². The van der Waals surface area contributed by atoms with Crippen molar-refractivity contribution in [2.24, 2.45) is 5.73 Å². The summed E-state index contributed by atoms with van der Waals surface area (Å²) in [5.41, 5.74) is 8.28. The van der Waals surface area contributed by atoms with Gasteiger partial charge in [0.05, 0.1) is 0 Å². The van der Waals surface area contributed by atoms with Crippen LogP contribution in [0.25, 0.3) is 0 Å². The summed E-state index contributed by atoms with van der Waals surface area (Å²) in [6.07, 6.45) is 2.56. The topological polar surface area (TPSA) is 38.9 Å². The van der Waals surface area contributed by atoms with E-state index in [1.54, 1.807) is 6.20 Å². The van der Waals surface area contributed by atoms with Crippen molar-refractivity contribution in [1.82, 2.24) is 4.98 Å². The first-order valence-corrected chi connectivity index (χ1v) is 5.96. The largest absolute Gasteiger partial charge is 0.324 e. The molecule has 1 heterocycles. The van der Waals surface area contributed by atoms with Gasteiger partial charge in [-0.25, -0.2) is 0 Å². The number of benzene rings is 1. The Morgan fingerprint density at radius 3 is 2.50 bits per heavy atom. The predicted molar refractivity (Wildman–Crippen MR) is 69.0 cm³/mol. The molecule has 2 nitrogen and oxygen atoms in total. The molecule has 0 saturated carbocycles. The smallest absolute Gasteiger partial charge is 0.0422 e. The molecule has 82 valence electrons. The highest BCUT2D eigenvalue weighted by Gasteiger charge is 2.07. The SMILES string of the molecule is N[C@@H](Cc1ccccn1)c1ccc(Br)cc1. The molecule has 0 aliphatic rings. The highest BCUT2D eigenvalue weighted by atomic mass is 79.9. The summed E-state index contributed by atoms with van der Waals surface area (Å²) in [6.45, 7) is 0. The number of nitrogens with two attached hydrogens (primary N) is 1. The molecule has 0 aliphatic carbocycles. The lowest BCUT2D eigenvalue weighted by molar-refractivity contribution is 0.706. The number of hydrogen-bond donors (Lipinski definition) is 1. The fraction of sp³-hybridized carbons (Fsp3) is 0.154. The second-order valence-electron chi connectivity index (χ2n) is 3.68. The first kappa shape index (κ1) is 11.3. The van der Waals surface area contributed by atoms with Gasteiger partial charge in [-0.2, -0.15) is 0 Å². The standard InChI is InChI=1S/C13H13BrN2/c14-11-6-4-10(5-7-11)13(15)9-12-3-1-2-8-16-12/h1-8,13H,9,15H2/t13-/m0/s1. The molecular formula is C13H13BrN2. The zero-order valence-corrected chi connectivity index (χ0v) is 10.4. The number of rotatable bonds is 3. The highest BCUT2D eigenvalue weighted by Crippen LogP contribution is 2.17. The van der Waals surface area contributed by atoms with Crippen LogP contribution in [-0.2, 0) is 6.42 Å². The summed E-state index contributed by atoms with van der Waals surface area (Å²) in [5, 5.41) is 0. The minimum atomic E-state index is 0.00278. The monoisotopic (exact) mass is 276 g/mol. The highest BCUT2D eigenvalue weighted by molar-refractivity contribution is 9.10. The van der Waals surface area contributed by atoms with Crippen LogP contribution in [0.3, 0.4) is 0 Å². The lowest BCUT2D eigenvalue weighted by Crippen LogP contribution is -2.13. The Morgan fingerprint density at radius 1 is 1.12 bits per heavy atom. The van der Waals surface area contributed by atoms with E-state index in [1.165, 1.54) is 0 Å². The molecule has 1 aromatic heterocycles. The Balaban J connectivity index is 2.09. The van der Waals surface area contributed by atoms with E-state index >= 15 is 0 Å². The molecule has 16 heavy (non-hydrogen) atoms. The molecule has 1 aromatic carbocycles. The van der Waals surface area contributed by atoms with Crippen LogP contribution in [0.4, 0.5) is 0 Å². The van der Waals surface area contributed by atoms with Gasteiger partial charge in [-0.15, -0.1) is 0 Å². The van der Waals surface area contributed by atoms with Gasteiger partial charge in [-0.1, -0.05) is 34.1 Å². The van der Waals surface area contributed by atoms with Crippen LogP contribution < -0.4 is 5.73 Å². The first-order chi connectivity index (χ1) is 7.75. The second-order valence-corrected chi connectivity index (χ2v) is 4.60. The van der Waals surface area contributed by atoms with Crippen molar-refractivity contribution in [2.45, 2.75) is 12.5 Å². The van der Waals surface area contributed by atoms with E-state index in [9.17, 15) is 0 Å². The molecule has 2 aromatic rings. The quantitative estimate of drug-likeness (QED) is 0.936. The van der Waals surface area contributed by atoms with Crippen molar-refractivity contribution in [3.05, 3.63) is 64.4 Å². The zero-order chi connectivity index (χ0) is 11.4. The van der Waals surface area contributed by atoms with Crippen LogP contribution in [0, 0.1) is 0 Å². The van der Waals surface area contributed by atoms with E-state index in [4.69, 9.17) is 5.73 Å². The van der Waals surface area contributed by atoms with Gasteiger partial charge in [0.15, 0.2) is 0 Å². The molecule has 0 unspecified atom stereocenters. The number of halogens is 1. The second kappa shape index (κ2) is 5.23. The molecule has 0 spiro atoms. The van der Waals surface area contributed by atoms with Crippen molar-refractivity contribution in [3.63, 3.8) is 0 Å². The fourth-order valence-electron chi connectivity index (χ4n) is 1.57. The molecule has 0 bridgehead atoms. The Bertz CT molecular complexity index is 439. The minimum absolute atomic E-state index is 0.00278. The normalized spacial score (nSPS) is 12.4. The molecule has 0 radical (unpaired) electrons. The number of nitrogens with zero attached hydrogens (tertiary/aromatic N) is 1. The van der Waals surface area contributed by atoms with Gasteiger partial charge in [-0.3, -0.25) is 4.98 Å². The third-order valence-corrected chi connectivity index (χ3v) is 2.98. The third kappa shape index (κ3) is 2.90. The molecule has 2 N–H and O–H groups in total. The Kier molecular flexibility index (Phi) is 3.70. The van der Waals surface area contributed by atoms with Gasteiger partial charge in [-0.05, 0) is 29.8 Å². The zero-order valence-electron chi connectivity index (χ0n) is 8.81. The maximum absolute atomic E-state index is 6.12. The van der Waals surface area contributed by atoms with Gasteiger partial charge in [0.2, 0.25) is 0 Å². The number of hydrogen-bond acceptors (Lipinski definition) is 2. The summed E-state index contributed by atoms with van der Waals surface area (Å²) >= 11 is 3.41. The van der Waals surface area contributed by atoms with E-state index in [0.29, 0.717) is 0 Å². The van der Waals surface area contributed by atoms with E-state index in [-0.39, 0.29) is 6.04 Å². The maximum atomic E-state index is 6.12. The van der Waals surface area contributed by atoms with Crippen LogP contribution in [0.5, 0.6) is 0 Å². The van der Waals surface area contributed by atoms with Crippen molar-refractivity contribution in [2.75, 3.05) is 0 Å². The van der Waals surface area contributed by atoms with E-state index in [2.05, 4.69) is 20.9 Å². The third-order valence-electron chi connectivity index (χ3n) is 2.45. The van der Waals surface area contributed by atoms with Crippen molar-refractivity contribution >= 4 is 15.9 Å². The molecule has 1 atom stereocenters. The van der Waals surface area contributed by atoms with E-state index in [0.717, 1.165) is 22.2 Å². The van der Waals surface area contributed by atoms with Gasteiger partial charge in [0, 0.05) is 28.8 Å². The van der Waals surface area contributed by atoms with Gasteiger partial charge >= 0.3 is 0 Å². The summed E-state index contributed by atoms with van der Waals surface area (Å²) in [4.78, 5) is 4.27. The van der Waals surface area contributed by atoms with Gasteiger partial charge in [0.25, 0.3) is 0 Å². The van der Waals surface area contributed by atoms with Crippen molar-refractivity contribution in [1.29, 1.82) is 0 Å². The maximum Gasteiger partial charge on any atom is 0.0422 e. The number of pyridine rings is 1. The first-order valence-electron chi connectivity index (χ1n) is 5.16. The molecule has 0 saturated heterocycles. The van der Waals surface area contributed by atoms with Crippen LogP contribution in [0.2, 0.25) is 0 Å². The van der Waals surface area contributed by atoms with Crippen LogP contribution in [-0.4, -0.2) is 4.98 Å². The molecular weight excluding hydrogens is 264 g/mol. The number of aromatic nitrogens is 1. The lowest BCUT2D eigenvalue weighted by atomic mass is 10.0. The minimum Gasteiger partial charge on any atom is -0.324 e. The molecule has 0 fully saturated rings. The summed E-state index contributed by atoms with van der Waals surface area (Å²) in [7, 11) is 0. The predicted octanol–water partition coefficient (Wildman–Crippen LogP) is 3.09. The summed E-state index contributed by atoms with van der Waals surface area (Å²) in [6, 6.07) is 14.0. The summed E-state index contributed by atoms with van der Waals surface area (Å²) in [5.74, 6) is 0. The van der Waals surface area contributed by atoms with Gasteiger partial charge < -0.3 is 5.73 Å². The fourth-order valence-corrected chi connectivity index (χ4v) is 1.84. The van der Waals surface area contributed by atoms with Crippen molar-refractivity contribution in [3.8, 4) is 0 Å². The van der Waals surface area contributed by atoms with Gasteiger partial charge in [0.1, 0.15) is 0 Å². The van der Waals surface area contributed by atoms with Crippen LogP contribution in [0.15, 0.2) is 53.1 Å². The van der Waals surface area contributed by atoms with Crippen molar-refractivity contribution < 1.29 is 0 Å². The Morgan fingerprint density at radius 2 is 1.88 bits per heavy atom. The molecule has 0 amide bonds. The molecule has 2 rings (SSSR count). The lowest BCUT2D eigenvalue weighted by Gasteiger charge is -2.11. The van der Waals surface area contributed by atoms with Crippen LogP contribution >= 0.6 is 15.9 Å². The summed E-state index contributed by atoms with van der Waals surface area (Å²) < 4.78 is 1.07. The van der Waals surface area contributed by atoms with E-state index in [1.807, 2.05) is 42.5 Å². The average molecular weight is 277 g/mol. The Labute approximate surface area is 104 Å². The molecule has 3 heteroatoms. The van der Waals surface area contributed by atoms with Crippen LogP contribution in [0.1, 0.15) is 17.3 Å². The Hall–Kier alpha value is -1.19. The molecule has 0 aliphatic heterocycles. The average Bonchev–Trinajstić information content (AvgIpc) is 2.31.